The van der Waals surface area contributed by atoms with Crippen molar-refractivity contribution in [3.63, 3.8) is 0 Å². The van der Waals surface area contributed by atoms with Crippen molar-refractivity contribution in [3.8, 4) is 0 Å². The summed E-state index contributed by atoms with van der Waals surface area (Å²) in [7, 11) is 0. The van der Waals surface area contributed by atoms with Crippen molar-refractivity contribution in [3.05, 3.63) is 12.4 Å². The zero-order valence-electron chi connectivity index (χ0n) is 9.77. The topological polar surface area (TPSA) is 78.0 Å². The molecule has 0 radical (unpaired) electrons. The molecule has 17 heavy (non-hydrogen) atoms. The van der Waals surface area contributed by atoms with Gasteiger partial charge in [-0.1, -0.05) is 11.8 Å². The number of hydrogen-bond acceptors (Lipinski definition) is 4. The van der Waals surface area contributed by atoms with Crippen LogP contribution in [0.5, 0.6) is 0 Å². The van der Waals surface area contributed by atoms with Crippen LogP contribution in [0.25, 0.3) is 0 Å². The molecular weight excluding hydrogens is 238 g/mol. The number of thioether (sulfide) groups is 1. The quantitative estimate of drug-likeness (QED) is 0.643. The highest BCUT2D eigenvalue weighted by atomic mass is 32.2. The number of hydrogen-bond donors (Lipinski definition) is 3. The Labute approximate surface area is 104 Å². The predicted octanol–water partition coefficient (Wildman–Crippen LogP) is 1.49. The number of carboxylic acids is 1. The molecule has 1 saturated carbocycles. The van der Waals surface area contributed by atoms with E-state index in [1.807, 2.05) is 0 Å². The second kappa shape index (κ2) is 5.10. The van der Waals surface area contributed by atoms with Crippen molar-refractivity contribution >= 4 is 17.7 Å². The first-order valence-corrected chi connectivity index (χ1v) is 6.72. The maximum absolute atomic E-state index is 11.3. The van der Waals surface area contributed by atoms with Gasteiger partial charge in [-0.05, 0) is 26.2 Å². The number of nitrogens with zero attached hydrogens (tertiary/aromatic N) is 1. The lowest BCUT2D eigenvalue weighted by atomic mass is 9.99. The van der Waals surface area contributed by atoms with Gasteiger partial charge in [-0.15, -0.1) is 0 Å². The van der Waals surface area contributed by atoms with E-state index in [0.29, 0.717) is 12.5 Å². The van der Waals surface area contributed by atoms with E-state index in [9.17, 15) is 9.90 Å². The van der Waals surface area contributed by atoms with Crippen LogP contribution >= 0.6 is 11.8 Å². The van der Waals surface area contributed by atoms with Crippen molar-refractivity contribution < 1.29 is 9.90 Å². The maximum atomic E-state index is 11.3. The van der Waals surface area contributed by atoms with Crippen LogP contribution in [-0.4, -0.2) is 38.4 Å². The third-order valence-corrected chi connectivity index (χ3v) is 3.79. The number of aromatic amines is 1. The summed E-state index contributed by atoms with van der Waals surface area (Å²) in [6.07, 6.45) is 6.23. The highest BCUT2D eigenvalue weighted by Crippen LogP contribution is 2.26. The average Bonchev–Trinajstić information content (AvgIpc) is 2.93. The fourth-order valence-electron chi connectivity index (χ4n) is 1.60. The molecule has 0 amide bonds. The highest BCUT2D eigenvalue weighted by molar-refractivity contribution is 7.99. The number of rotatable bonds is 7. The van der Waals surface area contributed by atoms with Crippen LogP contribution in [0.2, 0.25) is 0 Å². The zero-order chi connectivity index (χ0) is 12.3. The Hall–Kier alpha value is -1.01. The Kier molecular flexibility index (Phi) is 3.73. The van der Waals surface area contributed by atoms with Crippen molar-refractivity contribution in [2.45, 2.75) is 42.9 Å². The van der Waals surface area contributed by atoms with Gasteiger partial charge < -0.3 is 10.1 Å². The lowest BCUT2D eigenvalue weighted by Crippen LogP contribution is -2.50. The first kappa shape index (κ1) is 12.4. The summed E-state index contributed by atoms with van der Waals surface area (Å²) in [6.45, 7) is 1.76. The number of carbonyl (C=O) groups is 1. The fourth-order valence-corrected chi connectivity index (χ4v) is 2.59. The van der Waals surface area contributed by atoms with Gasteiger partial charge in [0.15, 0.2) is 5.16 Å². The normalized spacial score (nSPS) is 18.9. The minimum absolute atomic E-state index is 0.393. The van der Waals surface area contributed by atoms with Crippen LogP contribution in [0.4, 0.5) is 0 Å². The molecule has 6 heteroatoms. The Balaban J connectivity index is 1.82. The number of nitrogens with one attached hydrogen (secondary N) is 2. The molecule has 1 aliphatic carbocycles. The fraction of sp³-hybridized carbons (Fsp3) is 0.636. The number of H-pyrrole nitrogens is 1. The maximum Gasteiger partial charge on any atom is 0.323 e. The smallest absolute Gasteiger partial charge is 0.323 e. The van der Waals surface area contributed by atoms with Crippen LogP contribution in [-0.2, 0) is 4.79 Å². The SMILES string of the molecule is CC(CCSc1ncc[nH]1)(NC1CC1)C(=O)O. The summed E-state index contributed by atoms with van der Waals surface area (Å²) in [6, 6.07) is 0.393. The van der Waals surface area contributed by atoms with E-state index in [2.05, 4.69) is 15.3 Å². The second-order valence-corrected chi connectivity index (χ2v) is 5.63. The van der Waals surface area contributed by atoms with Gasteiger partial charge in [0.1, 0.15) is 5.54 Å². The molecule has 94 valence electrons. The van der Waals surface area contributed by atoms with E-state index in [1.165, 1.54) is 0 Å². The number of aromatic nitrogens is 2. The van der Waals surface area contributed by atoms with Gasteiger partial charge in [0.05, 0.1) is 0 Å². The number of aliphatic carboxylic acids is 1. The van der Waals surface area contributed by atoms with Crippen LogP contribution in [0, 0.1) is 0 Å². The molecule has 0 bridgehead atoms. The number of carboxylic acid groups (broad SMARTS) is 1. The molecule has 1 aromatic heterocycles. The van der Waals surface area contributed by atoms with E-state index in [4.69, 9.17) is 0 Å². The van der Waals surface area contributed by atoms with Crippen molar-refractivity contribution in [1.82, 2.24) is 15.3 Å². The number of imidazole rings is 1. The molecular formula is C11H17N3O2S. The molecule has 2 rings (SSSR count). The highest BCUT2D eigenvalue weighted by Gasteiger charge is 2.37. The molecule has 5 nitrogen and oxygen atoms in total. The molecule has 0 spiro atoms. The van der Waals surface area contributed by atoms with Crippen LogP contribution < -0.4 is 5.32 Å². The molecule has 1 heterocycles. The summed E-state index contributed by atoms with van der Waals surface area (Å²) >= 11 is 1.55. The lowest BCUT2D eigenvalue weighted by Gasteiger charge is -2.26. The summed E-state index contributed by atoms with van der Waals surface area (Å²) in [5, 5.41) is 13.3. The lowest BCUT2D eigenvalue weighted by molar-refractivity contribution is -0.144. The Bertz CT molecular complexity index is 378. The first-order chi connectivity index (χ1) is 8.10. The van der Waals surface area contributed by atoms with Gasteiger partial charge in [0.2, 0.25) is 0 Å². The third-order valence-electron chi connectivity index (χ3n) is 2.89. The van der Waals surface area contributed by atoms with Gasteiger partial charge in [-0.25, -0.2) is 4.98 Å². The Morgan fingerprint density at radius 3 is 3.06 bits per heavy atom. The summed E-state index contributed by atoms with van der Waals surface area (Å²) < 4.78 is 0. The predicted molar refractivity (Wildman–Crippen MR) is 66.1 cm³/mol. The van der Waals surface area contributed by atoms with Gasteiger partial charge in [0, 0.05) is 24.2 Å². The standard InChI is InChI=1S/C11H17N3O2S/c1-11(9(15)16,14-8-2-3-8)4-7-17-10-12-5-6-13-10/h5-6,8,14H,2-4,7H2,1H3,(H,12,13)(H,15,16). The average molecular weight is 255 g/mol. The van der Waals surface area contributed by atoms with Crippen LogP contribution in [0.3, 0.4) is 0 Å². The Morgan fingerprint density at radius 1 is 1.76 bits per heavy atom. The molecule has 0 aliphatic heterocycles. The van der Waals surface area contributed by atoms with Crippen molar-refractivity contribution in [2.24, 2.45) is 0 Å². The molecule has 0 aromatic carbocycles. The molecule has 1 aromatic rings. The van der Waals surface area contributed by atoms with Gasteiger partial charge in [-0.2, -0.15) is 0 Å². The largest absolute Gasteiger partial charge is 0.480 e. The molecule has 1 unspecified atom stereocenters. The van der Waals surface area contributed by atoms with E-state index in [-0.39, 0.29) is 0 Å². The molecule has 1 fully saturated rings. The summed E-state index contributed by atoms with van der Waals surface area (Å²) in [5.41, 5.74) is -0.819. The van der Waals surface area contributed by atoms with Crippen LogP contribution in [0.1, 0.15) is 26.2 Å². The zero-order valence-corrected chi connectivity index (χ0v) is 10.6. The molecule has 3 N–H and O–H groups in total. The van der Waals surface area contributed by atoms with Gasteiger partial charge in [-0.3, -0.25) is 10.1 Å². The third kappa shape index (κ3) is 3.47. The first-order valence-electron chi connectivity index (χ1n) is 5.73. The van der Waals surface area contributed by atoms with E-state index >= 15 is 0 Å². The van der Waals surface area contributed by atoms with Crippen LogP contribution in [0.15, 0.2) is 17.6 Å². The van der Waals surface area contributed by atoms with E-state index in [0.717, 1.165) is 23.8 Å². The molecule has 1 atom stereocenters. The molecule has 1 aliphatic rings. The van der Waals surface area contributed by atoms with E-state index in [1.54, 1.807) is 31.1 Å². The minimum atomic E-state index is -0.819. The van der Waals surface area contributed by atoms with Gasteiger partial charge >= 0.3 is 5.97 Å². The van der Waals surface area contributed by atoms with E-state index < -0.39 is 11.5 Å². The van der Waals surface area contributed by atoms with Gasteiger partial charge in [0.25, 0.3) is 0 Å². The minimum Gasteiger partial charge on any atom is -0.480 e. The van der Waals surface area contributed by atoms with Crippen molar-refractivity contribution in [1.29, 1.82) is 0 Å². The van der Waals surface area contributed by atoms with Crippen molar-refractivity contribution in [2.75, 3.05) is 5.75 Å². The summed E-state index contributed by atoms with van der Waals surface area (Å²) in [5.74, 6) is -0.0415. The monoisotopic (exact) mass is 255 g/mol. The Morgan fingerprint density at radius 2 is 2.53 bits per heavy atom. The second-order valence-electron chi connectivity index (χ2n) is 4.55. The molecule has 0 saturated heterocycles. The summed E-state index contributed by atoms with van der Waals surface area (Å²) in [4.78, 5) is 18.4.